The van der Waals surface area contributed by atoms with Gasteiger partial charge in [-0.05, 0) is 35.2 Å². The number of hydrogen-bond acceptors (Lipinski definition) is 4. The maximum atomic E-state index is 11.3. The van der Waals surface area contributed by atoms with Gasteiger partial charge in [0.15, 0.2) is 0 Å². The molecule has 1 rings (SSSR count). The third kappa shape index (κ3) is 3.05. The first-order valence-corrected chi connectivity index (χ1v) is 5.47. The van der Waals surface area contributed by atoms with E-state index in [0.717, 1.165) is 23.1 Å². The molecule has 17 heavy (non-hydrogen) atoms. The Bertz CT molecular complexity index is 436. The molecular formula is C13H16N2O2. The van der Waals surface area contributed by atoms with Crippen molar-refractivity contribution in [1.29, 1.82) is 5.26 Å². The third-order valence-corrected chi connectivity index (χ3v) is 2.71. The van der Waals surface area contributed by atoms with E-state index in [0.29, 0.717) is 12.1 Å². The van der Waals surface area contributed by atoms with E-state index >= 15 is 0 Å². The number of esters is 1. The summed E-state index contributed by atoms with van der Waals surface area (Å²) in [5, 5.41) is 8.91. The van der Waals surface area contributed by atoms with Gasteiger partial charge in [-0.3, -0.25) is 4.79 Å². The summed E-state index contributed by atoms with van der Waals surface area (Å²) < 4.78 is 4.66. The summed E-state index contributed by atoms with van der Waals surface area (Å²) in [4.78, 5) is 11.3. The molecule has 4 nitrogen and oxygen atoms in total. The lowest BCUT2D eigenvalue weighted by Crippen LogP contribution is -2.12. The molecule has 1 aromatic rings. The Morgan fingerprint density at radius 1 is 1.47 bits per heavy atom. The van der Waals surface area contributed by atoms with Crippen molar-refractivity contribution >= 4 is 5.97 Å². The summed E-state index contributed by atoms with van der Waals surface area (Å²) in [7, 11) is 1.36. The molecule has 2 N–H and O–H groups in total. The molecule has 0 saturated carbocycles. The number of carbonyl (C=O) groups is 1. The zero-order valence-corrected chi connectivity index (χ0v) is 10.1. The number of nitrogens with two attached hydrogens (primary N) is 1. The summed E-state index contributed by atoms with van der Waals surface area (Å²) in [5.41, 5.74) is 8.94. The summed E-state index contributed by atoms with van der Waals surface area (Å²) in [6, 6.07) is 5.64. The molecule has 0 aliphatic carbocycles. The molecule has 0 aromatic heterocycles. The van der Waals surface area contributed by atoms with Gasteiger partial charge < -0.3 is 10.5 Å². The zero-order valence-electron chi connectivity index (χ0n) is 10.1. The Labute approximate surface area is 101 Å². The van der Waals surface area contributed by atoms with Crippen LogP contribution in [0.25, 0.3) is 0 Å². The number of benzene rings is 1. The predicted molar refractivity (Wildman–Crippen MR) is 64.1 cm³/mol. The van der Waals surface area contributed by atoms with Gasteiger partial charge in [0, 0.05) is 6.54 Å². The second kappa shape index (κ2) is 6.02. The van der Waals surface area contributed by atoms with Crippen LogP contribution in [-0.2, 0) is 28.9 Å². The van der Waals surface area contributed by atoms with Crippen molar-refractivity contribution in [2.75, 3.05) is 7.11 Å². The van der Waals surface area contributed by atoms with Gasteiger partial charge in [0.1, 0.15) is 0 Å². The molecule has 0 aliphatic rings. The largest absolute Gasteiger partial charge is 0.469 e. The summed E-state index contributed by atoms with van der Waals surface area (Å²) >= 11 is 0. The molecule has 0 bridgehead atoms. The van der Waals surface area contributed by atoms with E-state index in [4.69, 9.17) is 11.0 Å². The molecule has 0 fully saturated rings. The highest BCUT2D eigenvalue weighted by Gasteiger charge is 2.13. The Morgan fingerprint density at radius 2 is 2.12 bits per heavy atom. The van der Waals surface area contributed by atoms with Gasteiger partial charge >= 0.3 is 5.97 Å². The lowest BCUT2D eigenvalue weighted by Gasteiger charge is -2.12. The first kappa shape index (κ1) is 13.2. The minimum Gasteiger partial charge on any atom is -0.469 e. The van der Waals surface area contributed by atoms with Crippen LogP contribution < -0.4 is 5.73 Å². The van der Waals surface area contributed by atoms with Crippen molar-refractivity contribution in [2.45, 2.75) is 26.3 Å². The first-order chi connectivity index (χ1) is 8.15. The molecule has 1 aromatic carbocycles. The summed E-state index contributed by atoms with van der Waals surface area (Å²) in [5.74, 6) is -0.292. The lowest BCUT2D eigenvalue weighted by molar-refractivity contribution is -0.139. The molecule has 0 radical (unpaired) electrons. The van der Waals surface area contributed by atoms with E-state index in [-0.39, 0.29) is 12.4 Å². The van der Waals surface area contributed by atoms with Crippen LogP contribution in [0.4, 0.5) is 0 Å². The van der Waals surface area contributed by atoms with E-state index < -0.39 is 0 Å². The molecule has 0 spiro atoms. The highest BCUT2D eigenvalue weighted by atomic mass is 16.5. The smallest absolute Gasteiger partial charge is 0.309 e. The van der Waals surface area contributed by atoms with Crippen LogP contribution in [0.15, 0.2) is 12.1 Å². The normalized spacial score (nSPS) is 9.76. The summed E-state index contributed by atoms with van der Waals surface area (Å²) in [6.45, 7) is 2.30. The number of methoxy groups -OCH3 is 1. The number of hydrogen-bond donors (Lipinski definition) is 1. The second-order valence-electron chi connectivity index (χ2n) is 3.70. The van der Waals surface area contributed by atoms with Crippen LogP contribution in [0.3, 0.4) is 0 Å². The second-order valence-corrected chi connectivity index (χ2v) is 3.70. The number of nitrogens with zero attached hydrogens (tertiary/aromatic N) is 1. The average molecular weight is 232 g/mol. The molecule has 0 heterocycles. The maximum absolute atomic E-state index is 11.3. The number of aryl methyl sites for hydroxylation is 1. The lowest BCUT2D eigenvalue weighted by atomic mass is 9.94. The average Bonchev–Trinajstić information content (AvgIpc) is 2.38. The first-order valence-electron chi connectivity index (χ1n) is 5.47. The Morgan fingerprint density at radius 3 is 2.59 bits per heavy atom. The van der Waals surface area contributed by atoms with Crippen LogP contribution in [0, 0.1) is 11.3 Å². The molecule has 0 aliphatic heterocycles. The van der Waals surface area contributed by atoms with Gasteiger partial charge in [0.25, 0.3) is 0 Å². The standard InChI is InChI=1S/C13H16N2O2/c1-3-10-4-9(7-14)5-11(8-15)12(10)6-13(16)17-2/h4-5H,3,6,8,15H2,1-2H3. The van der Waals surface area contributed by atoms with Crippen LogP contribution in [0.2, 0.25) is 0 Å². The number of nitriles is 1. The molecule has 4 heteroatoms. The topological polar surface area (TPSA) is 76.1 Å². The van der Waals surface area contributed by atoms with Crippen LogP contribution in [-0.4, -0.2) is 13.1 Å². The number of carbonyl (C=O) groups excluding carboxylic acids is 1. The van der Waals surface area contributed by atoms with E-state index in [9.17, 15) is 4.79 Å². The van der Waals surface area contributed by atoms with Gasteiger partial charge in [0.2, 0.25) is 0 Å². The van der Waals surface area contributed by atoms with Crippen molar-refractivity contribution in [3.05, 3.63) is 34.4 Å². The number of ether oxygens (including phenoxy) is 1. The fourth-order valence-electron chi connectivity index (χ4n) is 1.80. The van der Waals surface area contributed by atoms with Crippen molar-refractivity contribution in [1.82, 2.24) is 0 Å². The Balaban J connectivity index is 3.25. The molecule has 0 saturated heterocycles. The van der Waals surface area contributed by atoms with Crippen LogP contribution in [0.1, 0.15) is 29.2 Å². The van der Waals surface area contributed by atoms with E-state index in [1.54, 1.807) is 12.1 Å². The maximum Gasteiger partial charge on any atom is 0.309 e. The van der Waals surface area contributed by atoms with Gasteiger partial charge in [-0.2, -0.15) is 5.26 Å². The van der Waals surface area contributed by atoms with Crippen molar-refractivity contribution in [3.8, 4) is 6.07 Å². The quantitative estimate of drug-likeness (QED) is 0.794. The Hall–Kier alpha value is -1.86. The molecule has 90 valence electrons. The van der Waals surface area contributed by atoms with Crippen LogP contribution in [0.5, 0.6) is 0 Å². The summed E-state index contributed by atoms with van der Waals surface area (Å²) in [6.07, 6.45) is 0.965. The fourth-order valence-corrected chi connectivity index (χ4v) is 1.80. The molecular weight excluding hydrogens is 216 g/mol. The van der Waals surface area contributed by atoms with Crippen molar-refractivity contribution < 1.29 is 9.53 Å². The predicted octanol–water partition coefficient (Wildman–Crippen LogP) is 1.29. The minimum atomic E-state index is -0.292. The van der Waals surface area contributed by atoms with E-state index in [1.807, 2.05) is 6.92 Å². The van der Waals surface area contributed by atoms with Gasteiger partial charge in [-0.1, -0.05) is 6.92 Å². The van der Waals surface area contributed by atoms with Crippen molar-refractivity contribution in [2.24, 2.45) is 5.73 Å². The monoisotopic (exact) mass is 232 g/mol. The van der Waals surface area contributed by atoms with Gasteiger partial charge in [0.05, 0.1) is 25.2 Å². The van der Waals surface area contributed by atoms with Gasteiger partial charge in [-0.25, -0.2) is 0 Å². The third-order valence-electron chi connectivity index (χ3n) is 2.71. The van der Waals surface area contributed by atoms with Crippen molar-refractivity contribution in [3.63, 3.8) is 0 Å². The highest BCUT2D eigenvalue weighted by molar-refractivity contribution is 5.73. The Kier molecular flexibility index (Phi) is 4.68. The van der Waals surface area contributed by atoms with Gasteiger partial charge in [-0.15, -0.1) is 0 Å². The van der Waals surface area contributed by atoms with E-state index in [2.05, 4.69) is 10.8 Å². The van der Waals surface area contributed by atoms with Crippen LogP contribution >= 0.6 is 0 Å². The molecule has 0 unspecified atom stereocenters. The highest BCUT2D eigenvalue weighted by Crippen LogP contribution is 2.19. The number of rotatable bonds is 4. The minimum absolute atomic E-state index is 0.206. The SMILES string of the molecule is CCc1cc(C#N)cc(CN)c1CC(=O)OC. The van der Waals surface area contributed by atoms with E-state index in [1.165, 1.54) is 7.11 Å². The molecule has 0 atom stereocenters. The zero-order chi connectivity index (χ0) is 12.8. The fraction of sp³-hybridized carbons (Fsp3) is 0.385. The molecule has 0 amide bonds.